The monoisotopic (exact) mass is 330 g/mol. The number of carbonyl (C=O) groups excluding carboxylic acids is 2. The van der Waals surface area contributed by atoms with Gasteiger partial charge in [-0.05, 0) is 37.2 Å². The molecule has 0 amide bonds. The highest BCUT2D eigenvalue weighted by atomic mass is 16.6. The summed E-state index contributed by atoms with van der Waals surface area (Å²) in [6, 6.07) is 10.5. The largest absolute Gasteiger partial charge is 0.462 e. The number of hydrogen-bond acceptors (Lipinski definition) is 4. The van der Waals surface area contributed by atoms with Crippen LogP contribution in [0, 0.1) is 11.8 Å². The van der Waals surface area contributed by atoms with Gasteiger partial charge in [-0.2, -0.15) is 0 Å². The lowest BCUT2D eigenvalue weighted by atomic mass is 9.61. The van der Waals surface area contributed by atoms with E-state index in [0.717, 1.165) is 32.1 Å². The number of esters is 2. The van der Waals surface area contributed by atoms with Gasteiger partial charge in [-0.1, -0.05) is 36.8 Å². The SMILES string of the molecule is CC(=O)O[C@H]1CC[C@H](OC(C)=O)[C@@H]2[C@@H]1CCC[C@H]2c1ccccc1. The van der Waals surface area contributed by atoms with Crippen molar-refractivity contribution in [2.24, 2.45) is 11.8 Å². The molecule has 2 aliphatic rings. The Balaban J connectivity index is 1.90. The Hall–Kier alpha value is -1.84. The third-order valence-electron chi connectivity index (χ3n) is 5.52. The van der Waals surface area contributed by atoms with Crippen LogP contribution in [0.4, 0.5) is 0 Å². The molecule has 0 radical (unpaired) electrons. The molecular formula is C20H26O4. The van der Waals surface area contributed by atoms with Crippen LogP contribution >= 0.6 is 0 Å². The first-order chi connectivity index (χ1) is 11.6. The Bertz CT molecular complexity index is 583. The molecule has 130 valence electrons. The van der Waals surface area contributed by atoms with Crippen molar-refractivity contribution in [1.82, 2.24) is 0 Å². The van der Waals surface area contributed by atoms with Gasteiger partial charge in [0, 0.05) is 25.7 Å². The van der Waals surface area contributed by atoms with Gasteiger partial charge in [0.15, 0.2) is 0 Å². The van der Waals surface area contributed by atoms with E-state index in [9.17, 15) is 9.59 Å². The minimum absolute atomic E-state index is 0.0502. The summed E-state index contributed by atoms with van der Waals surface area (Å²) in [5, 5.41) is 0. The Morgan fingerprint density at radius 2 is 1.50 bits per heavy atom. The van der Waals surface area contributed by atoms with Crippen LogP contribution < -0.4 is 0 Å². The first-order valence-corrected chi connectivity index (χ1v) is 8.95. The van der Waals surface area contributed by atoms with E-state index in [0.29, 0.717) is 5.92 Å². The molecule has 0 aliphatic heterocycles. The lowest BCUT2D eigenvalue weighted by Gasteiger charge is -2.48. The van der Waals surface area contributed by atoms with Crippen LogP contribution in [0.2, 0.25) is 0 Å². The molecule has 0 unspecified atom stereocenters. The summed E-state index contributed by atoms with van der Waals surface area (Å²) >= 11 is 0. The Morgan fingerprint density at radius 1 is 0.875 bits per heavy atom. The topological polar surface area (TPSA) is 52.6 Å². The van der Waals surface area contributed by atoms with Gasteiger partial charge in [-0.15, -0.1) is 0 Å². The van der Waals surface area contributed by atoms with E-state index in [4.69, 9.17) is 9.47 Å². The quantitative estimate of drug-likeness (QED) is 0.790. The summed E-state index contributed by atoms with van der Waals surface area (Å²) in [5.74, 6) is 0.412. The smallest absolute Gasteiger partial charge is 0.302 e. The second-order valence-electron chi connectivity index (χ2n) is 7.06. The summed E-state index contributed by atoms with van der Waals surface area (Å²) < 4.78 is 11.3. The first kappa shape index (κ1) is 17.0. The van der Waals surface area contributed by atoms with Gasteiger partial charge < -0.3 is 9.47 Å². The molecule has 0 saturated heterocycles. The van der Waals surface area contributed by atoms with Crippen LogP contribution in [0.25, 0.3) is 0 Å². The highest BCUT2D eigenvalue weighted by Crippen LogP contribution is 2.50. The Labute approximate surface area is 143 Å². The lowest BCUT2D eigenvalue weighted by molar-refractivity contribution is -0.170. The van der Waals surface area contributed by atoms with Gasteiger partial charge in [-0.3, -0.25) is 9.59 Å². The fourth-order valence-corrected chi connectivity index (χ4v) is 4.76. The van der Waals surface area contributed by atoms with Crippen LogP contribution in [0.15, 0.2) is 30.3 Å². The molecule has 2 fully saturated rings. The molecule has 24 heavy (non-hydrogen) atoms. The molecule has 0 spiro atoms. The van der Waals surface area contributed by atoms with Gasteiger partial charge >= 0.3 is 11.9 Å². The summed E-state index contributed by atoms with van der Waals surface area (Å²) in [6.45, 7) is 2.96. The molecule has 1 aromatic rings. The normalized spacial score (nSPS) is 32.5. The predicted octanol–water partition coefficient (Wildman–Crippen LogP) is 3.84. The number of hydrogen-bond donors (Lipinski definition) is 0. The molecule has 2 saturated carbocycles. The maximum atomic E-state index is 11.6. The number of rotatable bonds is 3. The second kappa shape index (κ2) is 7.37. The standard InChI is InChI=1S/C20H26O4/c1-13(21)23-18-11-12-19(24-14(2)22)20-16(9-6-10-17(18)20)15-7-4-3-5-8-15/h3-5,7-8,16-20H,6,9-12H2,1-2H3/t16-,17+,18-,19-,20-/m0/s1. The van der Waals surface area contributed by atoms with Crippen molar-refractivity contribution in [3.8, 4) is 0 Å². The molecule has 2 aliphatic carbocycles. The maximum absolute atomic E-state index is 11.6. The average molecular weight is 330 g/mol. The Morgan fingerprint density at radius 3 is 2.17 bits per heavy atom. The van der Waals surface area contributed by atoms with E-state index in [1.54, 1.807) is 0 Å². The second-order valence-corrected chi connectivity index (χ2v) is 7.06. The van der Waals surface area contributed by atoms with E-state index < -0.39 is 0 Å². The summed E-state index contributed by atoms with van der Waals surface area (Å²) in [4.78, 5) is 23.1. The zero-order chi connectivity index (χ0) is 17.1. The van der Waals surface area contributed by atoms with Gasteiger partial charge in [0.05, 0.1) is 0 Å². The third-order valence-corrected chi connectivity index (χ3v) is 5.52. The molecular weight excluding hydrogens is 304 g/mol. The Kier molecular flexibility index (Phi) is 5.22. The molecule has 1 aromatic carbocycles. The highest BCUT2D eigenvalue weighted by Gasteiger charge is 2.48. The third kappa shape index (κ3) is 3.63. The molecule has 3 rings (SSSR count). The molecule has 0 heterocycles. The van der Waals surface area contributed by atoms with Crippen molar-refractivity contribution in [3.05, 3.63) is 35.9 Å². The molecule has 0 aromatic heterocycles. The number of ether oxygens (including phenoxy) is 2. The minimum atomic E-state index is -0.220. The van der Waals surface area contributed by atoms with E-state index in [-0.39, 0.29) is 36.0 Å². The average Bonchev–Trinajstić information content (AvgIpc) is 2.56. The first-order valence-electron chi connectivity index (χ1n) is 8.95. The zero-order valence-electron chi connectivity index (χ0n) is 14.4. The number of benzene rings is 1. The molecule has 4 nitrogen and oxygen atoms in total. The van der Waals surface area contributed by atoms with Crippen molar-refractivity contribution >= 4 is 11.9 Å². The van der Waals surface area contributed by atoms with Gasteiger partial charge in [0.25, 0.3) is 0 Å². The van der Waals surface area contributed by atoms with Crippen LogP contribution in [0.1, 0.15) is 57.4 Å². The summed E-state index contributed by atoms with van der Waals surface area (Å²) in [6.07, 6.45) is 4.66. The van der Waals surface area contributed by atoms with Gasteiger partial charge in [0.2, 0.25) is 0 Å². The van der Waals surface area contributed by atoms with Crippen molar-refractivity contribution in [2.45, 2.75) is 64.1 Å². The maximum Gasteiger partial charge on any atom is 0.302 e. The van der Waals surface area contributed by atoms with Crippen LogP contribution in [-0.2, 0) is 19.1 Å². The van der Waals surface area contributed by atoms with E-state index >= 15 is 0 Å². The lowest BCUT2D eigenvalue weighted by Crippen LogP contribution is -2.48. The molecule has 0 bridgehead atoms. The van der Waals surface area contributed by atoms with E-state index in [1.807, 2.05) is 6.07 Å². The minimum Gasteiger partial charge on any atom is -0.462 e. The summed E-state index contributed by atoms with van der Waals surface area (Å²) in [7, 11) is 0. The van der Waals surface area contributed by atoms with Gasteiger partial charge in [-0.25, -0.2) is 0 Å². The van der Waals surface area contributed by atoms with Crippen molar-refractivity contribution in [3.63, 3.8) is 0 Å². The van der Waals surface area contributed by atoms with Gasteiger partial charge in [0.1, 0.15) is 12.2 Å². The van der Waals surface area contributed by atoms with Crippen LogP contribution in [0.3, 0.4) is 0 Å². The fourth-order valence-electron chi connectivity index (χ4n) is 4.76. The number of carbonyl (C=O) groups is 2. The molecule has 0 N–H and O–H groups in total. The van der Waals surface area contributed by atoms with Crippen molar-refractivity contribution in [2.75, 3.05) is 0 Å². The fraction of sp³-hybridized carbons (Fsp3) is 0.600. The molecule has 4 heteroatoms. The zero-order valence-corrected chi connectivity index (χ0v) is 14.4. The predicted molar refractivity (Wildman–Crippen MR) is 90.4 cm³/mol. The highest BCUT2D eigenvalue weighted by molar-refractivity contribution is 5.66. The van der Waals surface area contributed by atoms with E-state index in [1.165, 1.54) is 19.4 Å². The van der Waals surface area contributed by atoms with Crippen molar-refractivity contribution < 1.29 is 19.1 Å². The van der Waals surface area contributed by atoms with Crippen LogP contribution in [-0.4, -0.2) is 24.1 Å². The van der Waals surface area contributed by atoms with Crippen molar-refractivity contribution in [1.29, 1.82) is 0 Å². The van der Waals surface area contributed by atoms with E-state index in [2.05, 4.69) is 24.3 Å². The summed E-state index contributed by atoms with van der Waals surface area (Å²) in [5.41, 5.74) is 1.30. The molecule has 5 atom stereocenters. The number of fused-ring (bicyclic) bond motifs is 1. The van der Waals surface area contributed by atoms with Crippen LogP contribution in [0.5, 0.6) is 0 Å².